The van der Waals surface area contributed by atoms with Crippen molar-refractivity contribution in [2.75, 3.05) is 0 Å². The third-order valence-corrected chi connectivity index (χ3v) is 18.4. The molecule has 0 amide bonds. The average Bonchev–Trinajstić information content (AvgIpc) is 4.51. The molecular formula is C68H38N6+2. The summed E-state index contributed by atoms with van der Waals surface area (Å²) >= 11 is 0. The third-order valence-electron chi connectivity index (χ3n) is 18.4. The van der Waals surface area contributed by atoms with Gasteiger partial charge in [-0.3, -0.25) is 0 Å². The number of hydrogen-bond donors (Lipinski definition) is 0. The molecular weight excluding hydrogens is 901 g/mol. The van der Waals surface area contributed by atoms with Crippen LogP contribution >= 0.6 is 0 Å². The fraction of sp³-hybridized carbons (Fsp3) is 0.0294. The lowest BCUT2D eigenvalue weighted by atomic mass is 9.58. The maximum Gasteiger partial charge on any atom is 0.308 e. The Morgan fingerprint density at radius 1 is 0.311 bits per heavy atom. The zero-order chi connectivity index (χ0) is 47.5. The first-order chi connectivity index (χ1) is 36.7. The van der Waals surface area contributed by atoms with Crippen molar-refractivity contribution in [1.29, 1.82) is 0 Å². The molecule has 0 saturated heterocycles. The summed E-state index contributed by atoms with van der Waals surface area (Å²) in [6.45, 7) is 0. The molecule has 74 heavy (non-hydrogen) atoms. The Kier molecular flexibility index (Phi) is 6.06. The third kappa shape index (κ3) is 3.72. The molecule has 6 aromatic heterocycles. The lowest BCUT2D eigenvalue weighted by molar-refractivity contribution is -0.944. The summed E-state index contributed by atoms with van der Waals surface area (Å²) in [6.07, 6.45) is 9.50. The van der Waals surface area contributed by atoms with E-state index >= 15 is 0 Å². The molecule has 0 atom stereocenters. The van der Waals surface area contributed by atoms with E-state index in [0.29, 0.717) is 0 Å². The van der Waals surface area contributed by atoms with Crippen molar-refractivity contribution in [2.45, 2.75) is 11.1 Å². The van der Waals surface area contributed by atoms with E-state index in [9.17, 15) is 0 Å². The van der Waals surface area contributed by atoms with Crippen molar-refractivity contribution < 1.29 is 9.13 Å². The van der Waals surface area contributed by atoms with Crippen LogP contribution in [0.2, 0.25) is 0 Å². The van der Waals surface area contributed by atoms with Gasteiger partial charge in [0.15, 0.2) is 0 Å². The molecule has 0 unspecified atom stereocenters. The Bertz CT molecular complexity index is 5040. The maximum absolute atomic E-state index is 2.67. The molecule has 10 aromatic carbocycles. The van der Waals surface area contributed by atoms with Crippen LogP contribution in [0.1, 0.15) is 33.4 Å². The van der Waals surface area contributed by atoms with Crippen LogP contribution < -0.4 is 9.13 Å². The number of pyridine rings is 2. The van der Waals surface area contributed by atoms with Gasteiger partial charge < -0.3 is 9.13 Å². The Balaban J connectivity index is 0.995. The van der Waals surface area contributed by atoms with E-state index in [1.165, 1.54) is 143 Å². The minimum atomic E-state index is -0.721. The second-order valence-electron chi connectivity index (χ2n) is 21.2. The zero-order valence-corrected chi connectivity index (χ0v) is 39.6. The van der Waals surface area contributed by atoms with E-state index in [2.05, 4.69) is 258 Å². The summed E-state index contributed by atoms with van der Waals surface area (Å²) in [5, 5.41) is 12.8. The zero-order valence-electron chi connectivity index (χ0n) is 39.6. The molecule has 0 fully saturated rings. The van der Waals surface area contributed by atoms with Gasteiger partial charge in [-0.25, -0.2) is 0 Å². The predicted molar refractivity (Wildman–Crippen MR) is 296 cm³/mol. The molecule has 2 spiro atoms. The van der Waals surface area contributed by atoms with Gasteiger partial charge in [-0.15, -0.1) is 0 Å². The number of para-hydroxylation sites is 4. The topological polar surface area (TPSA) is 26.4 Å². The monoisotopic (exact) mass is 938 g/mol. The van der Waals surface area contributed by atoms with Gasteiger partial charge in [-0.05, 0) is 81.9 Å². The summed E-state index contributed by atoms with van der Waals surface area (Å²) in [6, 6.07) is 78.1. The molecule has 16 aromatic rings. The Hall–Kier alpha value is -9.78. The predicted octanol–water partition coefficient (Wildman–Crippen LogP) is 14.2. The molecule has 6 heteroatoms. The van der Waals surface area contributed by atoms with Crippen LogP contribution in [0, 0.1) is 0 Å². The Morgan fingerprint density at radius 3 is 1.22 bits per heavy atom. The van der Waals surface area contributed by atoms with E-state index < -0.39 is 11.1 Å². The summed E-state index contributed by atoms with van der Waals surface area (Å²) in [4.78, 5) is 0. The van der Waals surface area contributed by atoms with E-state index in [1.807, 2.05) is 0 Å². The van der Waals surface area contributed by atoms with E-state index in [0.717, 1.165) is 11.4 Å². The normalized spacial score (nSPS) is 15.0. The van der Waals surface area contributed by atoms with Crippen LogP contribution in [-0.4, -0.2) is 17.9 Å². The smallest absolute Gasteiger partial charge is 0.308 e. The fourth-order valence-electron chi connectivity index (χ4n) is 15.9. The van der Waals surface area contributed by atoms with Gasteiger partial charge in [-0.2, -0.15) is 17.9 Å². The number of aromatic nitrogens is 6. The molecule has 0 saturated carbocycles. The highest BCUT2D eigenvalue weighted by Crippen LogP contribution is 2.66. The molecule has 2 aliphatic carbocycles. The summed E-state index contributed by atoms with van der Waals surface area (Å²) in [5.41, 5.74) is 21.5. The highest BCUT2D eigenvalue weighted by molar-refractivity contribution is 6.24. The molecule has 8 heterocycles. The molecule has 20 rings (SSSR count). The first kappa shape index (κ1) is 37.1. The summed E-state index contributed by atoms with van der Waals surface area (Å²) < 4.78 is 15.3. The van der Waals surface area contributed by atoms with Crippen LogP contribution in [0.3, 0.4) is 0 Å². The minimum Gasteiger partial charge on any atom is -0.309 e. The molecule has 0 N–H and O–H groups in total. The fourth-order valence-corrected chi connectivity index (χ4v) is 15.9. The molecule has 338 valence electrons. The SMILES string of the molecule is c1ccc(-n2c3ccccc3c3cc4c5ccc6c7c5c5n(cc[n+]5C75c7c(ccc8c9cc%10c%11ccccc%11n(-c%11ccccc%11)c%10cc9n9cc[n+]5c9c78)C65c6ccccc6-c6ccccc65)c4cc32)cc1. The van der Waals surface area contributed by atoms with Crippen molar-refractivity contribution >= 4 is 98.3 Å². The van der Waals surface area contributed by atoms with Gasteiger partial charge in [0.05, 0.1) is 49.4 Å². The summed E-state index contributed by atoms with van der Waals surface area (Å²) in [7, 11) is 0. The molecule has 4 aliphatic rings. The van der Waals surface area contributed by atoms with Crippen molar-refractivity contribution in [1.82, 2.24) is 17.9 Å². The summed E-state index contributed by atoms with van der Waals surface area (Å²) in [5.74, 6) is 0. The lowest BCUT2D eigenvalue weighted by Crippen LogP contribution is -2.72. The van der Waals surface area contributed by atoms with Crippen molar-refractivity contribution in [3.8, 4) is 22.5 Å². The van der Waals surface area contributed by atoms with Crippen LogP contribution in [0.15, 0.2) is 231 Å². The van der Waals surface area contributed by atoms with Crippen molar-refractivity contribution in [3.05, 3.63) is 264 Å². The largest absolute Gasteiger partial charge is 0.309 e. The lowest BCUT2D eigenvalue weighted by Gasteiger charge is -2.43. The van der Waals surface area contributed by atoms with E-state index in [1.54, 1.807) is 0 Å². The number of nitrogens with zero attached hydrogens (tertiary/aromatic N) is 6. The van der Waals surface area contributed by atoms with Crippen LogP contribution in [0.5, 0.6) is 0 Å². The molecule has 6 nitrogen and oxygen atoms in total. The Morgan fingerprint density at radius 2 is 0.730 bits per heavy atom. The molecule has 2 aliphatic heterocycles. The van der Waals surface area contributed by atoms with E-state index in [-0.39, 0.29) is 0 Å². The first-order valence-corrected chi connectivity index (χ1v) is 25.8. The van der Waals surface area contributed by atoms with E-state index in [4.69, 9.17) is 0 Å². The van der Waals surface area contributed by atoms with Gasteiger partial charge in [0.2, 0.25) is 0 Å². The van der Waals surface area contributed by atoms with Crippen LogP contribution in [0.4, 0.5) is 0 Å². The standard InChI is InChI=1S/C68H38N6/c1-3-15-39(16-4-1)73-55-25-13-9-21-43(55)47-35-49-45-27-29-53-63-61(45)65-69(57(49)37-59(47)73)31-33-71(65)68(63)64-54(67(53)51-23-11-7-19-41(51)42-20-8-12-24-52(42)67)30-28-46-50-36-48-44-22-10-14-26-56(44)74(40-17-5-2-6-18-40)60(48)38-58(50)70-32-34-72(68)66(70)62(46)64/h1-38H/q+2. The van der Waals surface area contributed by atoms with Gasteiger partial charge in [0, 0.05) is 66.6 Å². The highest BCUT2D eigenvalue weighted by Gasteiger charge is 2.69. The molecule has 0 radical (unpaired) electrons. The quantitative estimate of drug-likeness (QED) is 0.122. The number of hydrogen-bond acceptors (Lipinski definition) is 0. The number of rotatable bonds is 2. The van der Waals surface area contributed by atoms with Gasteiger partial charge in [-0.1, -0.05) is 146 Å². The Labute approximate surface area is 421 Å². The van der Waals surface area contributed by atoms with Crippen molar-refractivity contribution in [3.63, 3.8) is 0 Å². The van der Waals surface area contributed by atoms with Crippen molar-refractivity contribution in [2.24, 2.45) is 0 Å². The first-order valence-electron chi connectivity index (χ1n) is 25.8. The maximum atomic E-state index is 2.67. The molecule has 0 bridgehead atoms. The van der Waals surface area contributed by atoms with Gasteiger partial charge in [0.25, 0.3) is 11.3 Å². The average molecular weight is 939 g/mol. The highest BCUT2D eigenvalue weighted by atomic mass is 15.4. The van der Waals surface area contributed by atoms with Crippen LogP contribution in [-0.2, 0) is 11.1 Å². The van der Waals surface area contributed by atoms with Gasteiger partial charge in [0.1, 0.15) is 35.8 Å². The minimum absolute atomic E-state index is 0.574. The number of benzene rings is 10. The number of imidazole rings is 2. The second-order valence-corrected chi connectivity index (χ2v) is 21.2. The second kappa shape index (κ2) is 12.1. The van der Waals surface area contributed by atoms with Gasteiger partial charge >= 0.3 is 5.66 Å². The van der Waals surface area contributed by atoms with Crippen LogP contribution in [0.25, 0.3) is 121 Å². The number of fused-ring (bicyclic) bond motifs is 19.